The Morgan fingerprint density at radius 2 is 1.85 bits per heavy atom. The second-order valence-electron chi connectivity index (χ2n) is 12.0. The van der Waals surface area contributed by atoms with Gasteiger partial charge in [-0.1, -0.05) is 62.9 Å². The molecule has 2 aliphatic rings. The molecule has 7 heteroatoms. The van der Waals surface area contributed by atoms with E-state index in [1.165, 1.54) is 44.9 Å². The maximum Gasteiger partial charge on any atom is 0.326 e. The summed E-state index contributed by atoms with van der Waals surface area (Å²) in [5, 5.41) is 12.5. The Morgan fingerprint density at radius 1 is 1.07 bits per heavy atom. The van der Waals surface area contributed by atoms with E-state index in [0.717, 1.165) is 54.5 Å². The zero-order chi connectivity index (χ0) is 29.2. The van der Waals surface area contributed by atoms with E-state index < -0.39 is 12.0 Å². The molecule has 1 amide bonds. The summed E-state index contributed by atoms with van der Waals surface area (Å²) in [6, 6.07) is 13.6. The van der Waals surface area contributed by atoms with E-state index in [4.69, 9.17) is 4.74 Å². The minimum atomic E-state index is -1.00. The predicted molar refractivity (Wildman–Crippen MR) is 168 cm³/mol. The van der Waals surface area contributed by atoms with Crippen molar-refractivity contribution in [1.29, 1.82) is 0 Å². The number of carbonyl (C=O) groups excluding carboxylic acids is 1. The number of carboxylic acids is 1. The molecular weight excluding hydrogens is 532 g/mol. The molecule has 1 aliphatic carbocycles. The van der Waals surface area contributed by atoms with Crippen LogP contribution in [0.2, 0.25) is 0 Å². The van der Waals surface area contributed by atoms with E-state index in [1.807, 2.05) is 49.6 Å². The summed E-state index contributed by atoms with van der Waals surface area (Å²) in [6.07, 6.45) is 11.3. The lowest BCUT2D eigenvalue weighted by Gasteiger charge is -2.27. The highest BCUT2D eigenvalue weighted by molar-refractivity contribution is 7.98. The number of thioether (sulfide) groups is 1. The largest absolute Gasteiger partial charge is 0.480 e. The van der Waals surface area contributed by atoms with Gasteiger partial charge in [0.2, 0.25) is 0 Å². The SMILES string of the molecule is CC[C@H]1C[C@@H](COCC2CCCCC2)N(Cc2ccc(C(=O)N[C@@H](CCSC)C(=O)O)c(-c3ccccc3C)c2)C1. The Balaban J connectivity index is 1.53. The number of hydrogen-bond acceptors (Lipinski definition) is 5. The number of likely N-dealkylation sites (tertiary alicyclic amines) is 1. The summed E-state index contributed by atoms with van der Waals surface area (Å²) in [5.74, 6) is 0.717. The first-order chi connectivity index (χ1) is 19.9. The average Bonchev–Trinajstić information content (AvgIpc) is 3.37. The molecule has 2 aromatic carbocycles. The molecule has 1 saturated heterocycles. The van der Waals surface area contributed by atoms with Crippen LogP contribution in [0.15, 0.2) is 42.5 Å². The zero-order valence-electron chi connectivity index (χ0n) is 25.1. The van der Waals surface area contributed by atoms with Crippen LogP contribution >= 0.6 is 11.8 Å². The van der Waals surface area contributed by atoms with Crippen LogP contribution in [-0.2, 0) is 16.1 Å². The van der Waals surface area contributed by atoms with Crippen LogP contribution in [-0.4, -0.2) is 65.7 Å². The van der Waals surface area contributed by atoms with Gasteiger partial charge in [-0.25, -0.2) is 4.79 Å². The number of carboxylic acid groups (broad SMARTS) is 1. The smallest absolute Gasteiger partial charge is 0.326 e. The molecule has 0 aromatic heterocycles. The molecule has 0 spiro atoms. The first kappa shape index (κ1) is 31.6. The van der Waals surface area contributed by atoms with Crippen LogP contribution in [0.25, 0.3) is 11.1 Å². The molecule has 1 saturated carbocycles. The molecule has 4 rings (SSSR count). The van der Waals surface area contributed by atoms with Crippen LogP contribution in [0, 0.1) is 18.8 Å². The van der Waals surface area contributed by atoms with Crippen molar-refractivity contribution >= 4 is 23.6 Å². The molecular formula is C34H48N2O4S. The van der Waals surface area contributed by atoms with Gasteiger partial charge in [-0.15, -0.1) is 0 Å². The summed E-state index contributed by atoms with van der Waals surface area (Å²) in [7, 11) is 0. The second kappa shape index (κ2) is 15.8. The first-order valence-electron chi connectivity index (χ1n) is 15.4. The topological polar surface area (TPSA) is 78.9 Å². The van der Waals surface area contributed by atoms with Gasteiger partial charge in [-0.2, -0.15) is 11.8 Å². The monoisotopic (exact) mass is 580 g/mol. The highest BCUT2D eigenvalue weighted by Gasteiger charge is 2.32. The van der Waals surface area contributed by atoms with Crippen LogP contribution < -0.4 is 5.32 Å². The Kier molecular flexibility index (Phi) is 12.1. The van der Waals surface area contributed by atoms with Gasteiger partial charge in [-0.05, 0) is 90.8 Å². The van der Waals surface area contributed by atoms with E-state index in [1.54, 1.807) is 11.8 Å². The fraction of sp³-hybridized carbons (Fsp3) is 0.588. The van der Waals surface area contributed by atoms with Gasteiger partial charge in [0.05, 0.1) is 6.61 Å². The number of ether oxygens (including phenoxy) is 1. The molecule has 41 heavy (non-hydrogen) atoms. The summed E-state index contributed by atoms with van der Waals surface area (Å²) in [4.78, 5) is 27.9. The normalized spacial score (nSPS) is 20.7. The van der Waals surface area contributed by atoms with Crippen LogP contribution in [0.3, 0.4) is 0 Å². The van der Waals surface area contributed by atoms with Crippen molar-refractivity contribution in [2.45, 2.75) is 83.8 Å². The molecule has 0 bridgehead atoms. The van der Waals surface area contributed by atoms with Crippen LogP contribution in [0.4, 0.5) is 0 Å². The van der Waals surface area contributed by atoms with Gasteiger partial charge in [0.15, 0.2) is 0 Å². The van der Waals surface area contributed by atoms with Gasteiger partial charge in [-0.3, -0.25) is 9.69 Å². The number of rotatable bonds is 14. The number of amides is 1. The fourth-order valence-corrected chi connectivity index (χ4v) is 6.90. The molecule has 0 unspecified atom stereocenters. The highest BCUT2D eigenvalue weighted by atomic mass is 32.2. The van der Waals surface area contributed by atoms with E-state index in [2.05, 4.69) is 23.2 Å². The number of hydrogen-bond donors (Lipinski definition) is 2. The molecule has 6 nitrogen and oxygen atoms in total. The van der Waals surface area contributed by atoms with Crippen LogP contribution in [0.1, 0.15) is 79.8 Å². The van der Waals surface area contributed by atoms with Gasteiger partial charge >= 0.3 is 5.97 Å². The van der Waals surface area contributed by atoms with Crippen molar-refractivity contribution in [1.82, 2.24) is 10.2 Å². The lowest BCUT2D eigenvalue weighted by Crippen LogP contribution is -2.41. The number of aryl methyl sites for hydroxylation is 1. The van der Waals surface area contributed by atoms with E-state index in [0.29, 0.717) is 29.7 Å². The maximum absolute atomic E-state index is 13.5. The van der Waals surface area contributed by atoms with Gasteiger partial charge in [0.1, 0.15) is 6.04 Å². The van der Waals surface area contributed by atoms with Crippen molar-refractivity contribution in [3.8, 4) is 11.1 Å². The van der Waals surface area contributed by atoms with Gasteiger partial charge in [0.25, 0.3) is 5.91 Å². The summed E-state index contributed by atoms with van der Waals surface area (Å²) in [6.45, 7) is 7.86. The summed E-state index contributed by atoms with van der Waals surface area (Å²) in [5.41, 5.74) is 4.60. The minimum absolute atomic E-state index is 0.343. The van der Waals surface area contributed by atoms with E-state index in [-0.39, 0.29) is 5.91 Å². The number of carbonyl (C=O) groups is 2. The number of benzene rings is 2. The molecule has 224 valence electrons. The number of aliphatic carboxylic acids is 1. The van der Waals surface area contributed by atoms with E-state index >= 15 is 0 Å². The van der Waals surface area contributed by atoms with Gasteiger partial charge < -0.3 is 15.2 Å². The Labute approximate surface area is 250 Å². The quantitative estimate of drug-likeness (QED) is 0.256. The number of nitrogens with one attached hydrogen (secondary N) is 1. The third kappa shape index (κ3) is 8.82. The van der Waals surface area contributed by atoms with Crippen molar-refractivity contribution in [3.05, 3.63) is 59.2 Å². The van der Waals surface area contributed by atoms with Crippen molar-refractivity contribution in [2.24, 2.45) is 11.8 Å². The van der Waals surface area contributed by atoms with E-state index in [9.17, 15) is 14.7 Å². The lowest BCUT2D eigenvalue weighted by molar-refractivity contribution is -0.139. The molecule has 2 N–H and O–H groups in total. The van der Waals surface area contributed by atoms with Crippen molar-refractivity contribution in [3.63, 3.8) is 0 Å². The molecule has 3 atom stereocenters. The molecule has 0 radical (unpaired) electrons. The molecule has 1 heterocycles. The molecule has 2 aromatic rings. The molecule has 1 aliphatic heterocycles. The standard InChI is InChI=1S/C34H48N2O4S/c1-4-25-18-28(23-40-22-26-11-6-5-7-12-26)36(20-25)21-27-14-15-30(31(19-27)29-13-9-8-10-24(29)2)33(37)35-32(34(38)39)16-17-41-3/h8-10,13-15,19,25-26,28,32H,4-7,11-12,16-18,20-23H2,1-3H3,(H,35,37)(H,38,39)/t25-,28-,32-/m0/s1. The molecule has 2 fully saturated rings. The lowest BCUT2D eigenvalue weighted by atomic mass is 9.90. The van der Waals surface area contributed by atoms with Gasteiger partial charge in [0, 0.05) is 31.3 Å². The Morgan fingerprint density at radius 3 is 2.56 bits per heavy atom. The predicted octanol–water partition coefficient (Wildman–Crippen LogP) is 6.80. The number of nitrogens with zero attached hydrogens (tertiary/aromatic N) is 1. The first-order valence-corrected chi connectivity index (χ1v) is 16.8. The Hall–Kier alpha value is -2.35. The van der Waals surface area contributed by atoms with Crippen molar-refractivity contribution < 1.29 is 19.4 Å². The minimum Gasteiger partial charge on any atom is -0.480 e. The highest BCUT2D eigenvalue weighted by Crippen LogP contribution is 2.32. The third-order valence-corrected chi connectivity index (χ3v) is 9.59. The average molecular weight is 581 g/mol. The van der Waals surface area contributed by atoms with Crippen molar-refractivity contribution in [2.75, 3.05) is 31.8 Å². The summed E-state index contributed by atoms with van der Waals surface area (Å²) < 4.78 is 6.32. The maximum atomic E-state index is 13.5. The second-order valence-corrected chi connectivity index (χ2v) is 13.0. The fourth-order valence-electron chi connectivity index (χ4n) is 6.43. The zero-order valence-corrected chi connectivity index (χ0v) is 25.9. The Bertz CT molecular complexity index is 1150. The summed E-state index contributed by atoms with van der Waals surface area (Å²) >= 11 is 1.57. The van der Waals surface area contributed by atoms with Crippen LogP contribution in [0.5, 0.6) is 0 Å². The third-order valence-electron chi connectivity index (χ3n) is 8.94.